The highest BCUT2D eigenvalue weighted by atomic mass is 35.5. The van der Waals surface area contributed by atoms with Gasteiger partial charge in [-0.1, -0.05) is 23.3 Å². The molecule has 220 valence electrons. The summed E-state index contributed by atoms with van der Waals surface area (Å²) >= 11 is 6.25. The van der Waals surface area contributed by atoms with Gasteiger partial charge in [0, 0.05) is 12.2 Å². The van der Waals surface area contributed by atoms with Crippen LogP contribution >= 0.6 is 11.6 Å². The summed E-state index contributed by atoms with van der Waals surface area (Å²) in [5.41, 5.74) is 0.522. The molecule has 0 atom stereocenters. The number of hydrogen-bond donors (Lipinski definition) is 2. The quantitative estimate of drug-likeness (QED) is 0.214. The van der Waals surface area contributed by atoms with Gasteiger partial charge in [-0.25, -0.2) is 14.3 Å². The molecule has 0 saturated heterocycles. The summed E-state index contributed by atoms with van der Waals surface area (Å²) in [6.45, 7) is 7.71. The van der Waals surface area contributed by atoms with Crippen LogP contribution in [0.1, 0.15) is 56.6 Å². The first kappa shape index (κ1) is 31.3. The highest BCUT2D eigenvalue weighted by Crippen LogP contribution is 2.42. The topological polar surface area (TPSA) is 133 Å². The van der Waals surface area contributed by atoms with E-state index in [1.54, 1.807) is 34.6 Å². The molecule has 3 aromatic heterocycles. The molecule has 17 heteroatoms. The Balaban J connectivity index is 2.07. The molecule has 0 saturated carbocycles. The van der Waals surface area contributed by atoms with E-state index >= 15 is 0 Å². The van der Waals surface area contributed by atoms with Crippen LogP contribution in [0.5, 0.6) is 0 Å². The number of pyridine rings is 1. The molecule has 0 aromatic carbocycles. The molecule has 0 aliphatic heterocycles. The Bertz CT molecular complexity index is 1500. The molecule has 0 bridgehead atoms. The third-order valence-corrected chi connectivity index (χ3v) is 5.67. The van der Waals surface area contributed by atoms with E-state index in [2.05, 4.69) is 36.2 Å². The fourth-order valence-corrected chi connectivity index (χ4v) is 3.75. The number of tetrazole rings is 1. The van der Waals surface area contributed by atoms with Crippen LogP contribution in [0, 0.1) is 0 Å². The molecule has 3 aromatic rings. The van der Waals surface area contributed by atoms with Crippen LogP contribution in [0.25, 0.3) is 5.82 Å². The van der Waals surface area contributed by atoms with Gasteiger partial charge in [-0.05, 0) is 63.2 Å². The summed E-state index contributed by atoms with van der Waals surface area (Å²) in [5.74, 6) is -8.41. The zero-order valence-electron chi connectivity index (χ0n) is 22.4. The molecule has 11 nitrogen and oxygen atoms in total. The number of rotatable bonds is 9. The smallest absolute Gasteiger partial charge is 0.350 e. The van der Waals surface area contributed by atoms with Gasteiger partial charge in [-0.15, -0.1) is 5.10 Å². The number of alkyl halides is 5. The summed E-state index contributed by atoms with van der Waals surface area (Å²) in [6, 6.07) is 3.90. The second kappa shape index (κ2) is 12.1. The minimum absolute atomic E-state index is 0.0364. The number of nitrogens with zero attached hydrogens (tertiary/aromatic N) is 7. The lowest BCUT2D eigenvalue weighted by Gasteiger charge is -2.18. The summed E-state index contributed by atoms with van der Waals surface area (Å²) in [4.78, 5) is 30.4. The second-order valence-corrected chi connectivity index (χ2v) is 9.54. The summed E-state index contributed by atoms with van der Waals surface area (Å²) in [6.07, 6.45) is -3.10. The lowest BCUT2D eigenvalue weighted by molar-refractivity contribution is -0.293. The zero-order valence-corrected chi connectivity index (χ0v) is 23.1. The third-order valence-electron chi connectivity index (χ3n) is 5.37. The van der Waals surface area contributed by atoms with E-state index in [4.69, 9.17) is 11.6 Å². The highest BCUT2D eigenvalue weighted by molar-refractivity contribution is 6.32. The standard InChI is InChI=1S/C24H25ClF5N9O2/c1-6-15(20(40)32-13(4)5)18(12(2)3)33-21(41)17-10-14(35-39(17)19-16(25)8-7-9-31-19)11-38-22(34-36-37-38)23(26,27)24(28,29)30/h6-10,13H,11H2,1-5H3,(H,32,40)(H,33,41)/b15-6+. The fourth-order valence-electron chi connectivity index (χ4n) is 3.55. The molecule has 41 heavy (non-hydrogen) atoms. The van der Waals surface area contributed by atoms with E-state index in [9.17, 15) is 31.5 Å². The Hall–Kier alpha value is -4.21. The highest BCUT2D eigenvalue weighted by Gasteiger charge is 2.62. The first-order valence-electron chi connectivity index (χ1n) is 12.0. The number of aromatic nitrogens is 7. The van der Waals surface area contributed by atoms with Crippen molar-refractivity contribution in [2.75, 3.05) is 0 Å². The zero-order chi connectivity index (χ0) is 30.7. The van der Waals surface area contributed by atoms with E-state index in [0.717, 1.165) is 10.7 Å². The van der Waals surface area contributed by atoms with Gasteiger partial charge in [0.25, 0.3) is 11.8 Å². The van der Waals surface area contributed by atoms with E-state index in [1.807, 2.05) is 0 Å². The number of allylic oxidation sites excluding steroid dienone is 2. The SMILES string of the molecule is C/C=C(/C(=O)NC(C)C)C(NC(=O)c1cc(Cn2nnnc2C(F)(F)C(F)(F)F)nn1-c1ncccc1Cl)=C(C)C. The van der Waals surface area contributed by atoms with Crippen LogP contribution in [-0.4, -0.2) is 59.0 Å². The number of carbonyl (C=O) groups excluding carboxylic acids is 2. The third kappa shape index (κ3) is 6.75. The van der Waals surface area contributed by atoms with Crippen LogP contribution in [-0.2, 0) is 17.3 Å². The fraction of sp³-hybridized carbons (Fsp3) is 0.375. The number of carbonyl (C=O) groups is 2. The van der Waals surface area contributed by atoms with Gasteiger partial charge in [-0.3, -0.25) is 9.59 Å². The van der Waals surface area contributed by atoms with Crippen molar-refractivity contribution in [2.45, 2.75) is 59.3 Å². The molecule has 0 unspecified atom stereocenters. The largest absolute Gasteiger partial charge is 0.461 e. The van der Waals surface area contributed by atoms with Crippen LogP contribution in [0.2, 0.25) is 5.02 Å². The number of hydrogen-bond acceptors (Lipinski definition) is 7. The Labute approximate surface area is 235 Å². The minimum Gasteiger partial charge on any atom is -0.350 e. The summed E-state index contributed by atoms with van der Waals surface area (Å²) in [7, 11) is 0. The lowest BCUT2D eigenvalue weighted by atomic mass is 10.1. The monoisotopic (exact) mass is 601 g/mol. The van der Waals surface area contributed by atoms with Crippen molar-refractivity contribution in [2.24, 2.45) is 0 Å². The molecule has 0 fully saturated rings. The van der Waals surface area contributed by atoms with Crippen molar-refractivity contribution < 1.29 is 31.5 Å². The Morgan fingerprint density at radius 3 is 2.41 bits per heavy atom. The maximum Gasteiger partial charge on any atom is 0.461 e. The predicted molar refractivity (Wildman–Crippen MR) is 136 cm³/mol. The molecule has 2 N–H and O–H groups in total. The molecule has 0 aliphatic rings. The molecule has 2 amide bonds. The molecular formula is C24H25ClF5N9O2. The molecule has 0 radical (unpaired) electrons. The number of amides is 2. The Morgan fingerprint density at radius 2 is 1.85 bits per heavy atom. The first-order chi connectivity index (χ1) is 19.1. The van der Waals surface area contributed by atoms with Gasteiger partial charge in [0.2, 0.25) is 5.82 Å². The van der Waals surface area contributed by atoms with E-state index in [1.165, 1.54) is 24.4 Å². The molecular weight excluding hydrogens is 577 g/mol. The van der Waals surface area contributed by atoms with Crippen LogP contribution in [0.15, 0.2) is 47.3 Å². The minimum atomic E-state index is -5.96. The lowest BCUT2D eigenvalue weighted by Crippen LogP contribution is -2.36. The summed E-state index contributed by atoms with van der Waals surface area (Å²) in [5, 5.41) is 18.7. The maximum atomic E-state index is 14.0. The van der Waals surface area contributed by atoms with E-state index in [0.29, 0.717) is 5.57 Å². The molecule has 3 rings (SSSR count). The van der Waals surface area contributed by atoms with Crippen molar-refractivity contribution in [3.05, 3.63) is 69.6 Å². The second-order valence-electron chi connectivity index (χ2n) is 9.13. The average molecular weight is 602 g/mol. The summed E-state index contributed by atoms with van der Waals surface area (Å²) < 4.78 is 68.2. The van der Waals surface area contributed by atoms with Crippen molar-refractivity contribution in [1.29, 1.82) is 0 Å². The van der Waals surface area contributed by atoms with E-state index in [-0.39, 0.29) is 44.2 Å². The van der Waals surface area contributed by atoms with Gasteiger partial charge in [-0.2, -0.15) is 27.1 Å². The van der Waals surface area contributed by atoms with Gasteiger partial charge in [0.05, 0.1) is 28.5 Å². The normalized spacial score (nSPS) is 12.4. The molecule has 0 aliphatic carbocycles. The van der Waals surface area contributed by atoms with Crippen molar-refractivity contribution in [3.63, 3.8) is 0 Å². The number of nitrogens with one attached hydrogen (secondary N) is 2. The molecule has 3 heterocycles. The molecule has 0 spiro atoms. The van der Waals surface area contributed by atoms with Crippen molar-refractivity contribution >= 4 is 23.4 Å². The Kier molecular flexibility index (Phi) is 9.26. The van der Waals surface area contributed by atoms with Gasteiger partial charge >= 0.3 is 12.1 Å². The average Bonchev–Trinajstić information content (AvgIpc) is 3.50. The van der Waals surface area contributed by atoms with Crippen LogP contribution in [0.3, 0.4) is 0 Å². The van der Waals surface area contributed by atoms with Crippen LogP contribution < -0.4 is 10.6 Å². The van der Waals surface area contributed by atoms with Gasteiger partial charge < -0.3 is 10.6 Å². The maximum absolute atomic E-state index is 14.0. The number of halogens is 6. The Morgan fingerprint density at radius 1 is 1.17 bits per heavy atom. The van der Waals surface area contributed by atoms with Crippen molar-refractivity contribution in [3.8, 4) is 5.82 Å². The predicted octanol–water partition coefficient (Wildman–Crippen LogP) is 4.10. The van der Waals surface area contributed by atoms with Gasteiger partial charge in [0.15, 0.2) is 5.82 Å². The first-order valence-corrected chi connectivity index (χ1v) is 12.3. The van der Waals surface area contributed by atoms with Gasteiger partial charge in [0.1, 0.15) is 5.69 Å². The van der Waals surface area contributed by atoms with Crippen LogP contribution in [0.4, 0.5) is 22.0 Å². The van der Waals surface area contributed by atoms with Crippen molar-refractivity contribution in [1.82, 2.24) is 45.6 Å². The van der Waals surface area contributed by atoms with E-state index < -0.39 is 36.3 Å².